The molecule has 0 heterocycles. The number of likely N-dealkylation sites (N-methyl/N-ethyl adjacent to an activating group) is 2. The molecule has 6 nitrogen and oxygen atoms in total. The number of carbonyl (C=O) groups excluding carboxylic acids is 1. The van der Waals surface area contributed by atoms with Gasteiger partial charge in [-0.3, -0.25) is 4.79 Å². The zero-order valence-corrected chi connectivity index (χ0v) is 12.6. The fourth-order valence-corrected chi connectivity index (χ4v) is 1.95. The minimum absolute atomic E-state index is 0.0327. The van der Waals surface area contributed by atoms with Crippen LogP contribution in [0, 0.1) is 5.92 Å². The number of amides is 2. The van der Waals surface area contributed by atoms with E-state index in [-0.39, 0.29) is 18.6 Å². The highest BCUT2D eigenvalue weighted by molar-refractivity contribution is 5.80. The van der Waals surface area contributed by atoms with E-state index < -0.39 is 5.97 Å². The summed E-state index contributed by atoms with van der Waals surface area (Å²) in [5.41, 5.74) is 0. The summed E-state index contributed by atoms with van der Waals surface area (Å²) in [6.07, 6.45) is 0.870. The summed E-state index contributed by atoms with van der Waals surface area (Å²) in [6, 6.07) is -0.275. The van der Waals surface area contributed by atoms with Crippen LogP contribution in [-0.4, -0.2) is 66.7 Å². The number of nitrogens with zero attached hydrogens (tertiary/aromatic N) is 2. The lowest BCUT2D eigenvalue weighted by molar-refractivity contribution is -0.137. The summed E-state index contributed by atoms with van der Waals surface area (Å²) >= 11 is 0. The Bertz CT molecular complexity index is 283. The van der Waals surface area contributed by atoms with E-state index in [1.807, 2.05) is 19.0 Å². The second-order valence-electron chi connectivity index (χ2n) is 5.45. The standard InChI is InChI=1S/C13H27N3O3/c1-6-16(9-12(17)18)13(19)14-11(7-10(2)3)8-15(4)5/h10-11H,6-9H2,1-5H3,(H,14,19)(H,17,18). The average molecular weight is 273 g/mol. The number of aliphatic carboxylic acids is 1. The van der Waals surface area contributed by atoms with E-state index in [9.17, 15) is 9.59 Å². The van der Waals surface area contributed by atoms with Crippen LogP contribution in [0.5, 0.6) is 0 Å². The molecule has 0 radical (unpaired) electrons. The van der Waals surface area contributed by atoms with E-state index in [2.05, 4.69) is 19.2 Å². The number of nitrogens with one attached hydrogen (secondary N) is 1. The lowest BCUT2D eigenvalue weighted by Crippen LogP contribution is -2.49. The minimum atomic E-state index is -0.995. The number of carboxylic acids is 1. The molecule has 0 aliphatic heterocycles. The summed E-state index contributed by atoms with van der Waals surface area (Å²) in [7, 11) is 3.91. The molecular formula is C13H27N3O3. The number of carbonyl (C=O) groups is 2. The third-order valence-electron chi connectivity index (χ3n) is 2.66. The van der Waals surface area contributed by atoms with Crippen LogP contribution in [0.15, 0.2) is 0 Å². The molecule has 0 rings (SSSR count). The Morgan fingerprint density at radius 2 is 1.84 bits per heavy atom. The monoisotopic (exact) mass is 273 g/mol. The van der Waals surface area contributed by atoms with Gasteiger partial charge < -0.3 is 20.2 Å². The molecule has 0 aromatic heterocycles. The van der Waals surface area contributed by atoms with Crippen molar-refractivity contribution in [3.8, 4) is 0 Å². The highest BCUT2D eigenvalue weighted by atomic mass is 16.4. The molecule has 19 heavy (non-hydrogen) atoms. The molecular weight excluding hydrogens is 246 g/mol. The van der Waals surface area contributed by atoms with Gasteiger partial charge in [0.05, 0.1) is 0 Å². The molecule has 0 bridgehead atoms. The molecule has 1 unspecified atom stereocenters. The van der Waals surface area contributed by atoms with Gasteiger partial charge in [0, 0.05) is 19.1 Å². The highest BCUT2D eigenvalue weighted by Crippen LogP contribution is 2.06. The molecule has 0 aliphatic rings. The summed E-state index contributed by atoms with van der Waals surface area (Å²) in [4.78, 5) is 26.0. The fraction of sp³-hybridized carbons (Fsp3) is 0.846. The smallest absolute Gasteiger partial charge is 0.323 e. The van der Waals surface area contributed by atoms with Crippen molar-refractivity contribution in [3.63, 3.8) is 0 Å². The predicted octanol–water partition coefficient (Wildman–Crippen LogP) is 1.08. The first-order valence-corrected chi connectivity index (χ1v) is 6.68. The van der Waals surface area contributed by atoms with E-state index in [4.69, 9.17) is 5.11 Å². The van der Waals surface area contributed by atoms with Crippen molar-refractivity contribution in [2.24, 2.45) is 5.92 Å². The quantitative estimate of drug-likeness (QED) is 0.694. The van der Waals surface area contributed by atoms with Crippen LogP contribution < -0.4 is 5.32 Å². The van der Waals surface area contributed by atoms with Gasteiger partial charge in [-0.05, 0) is 33.4 Å². The Kier molecular flexibility index (Phi) is 8.14. The normalized spacial score (nSPS) is 12.6. The van der Waals surface area contributed by atoms with E-state index in [0.29, 0.717) is 12.5 Å². The van der Waals surface area contributed by atoms with Crippen molar-refractivity contribution in [1.82, 2.24) is 15.1 Å². The summed E-state index contributed by atoms with van der Waals surface area (Å²) in [6.45, 7) is 6.83. The van der Waals surface area contributed by atoms with Gasteiger partial charge in [0.15, 0.2) is 0 Å². The first-order valence-electron chi connectivity index (χ1n) is 6.68. The Balaban J connectivity index is 4.53. The van der Waals surface area contributed by atoms with Crippen LogP contribution in [-0.2, 0) is 4.79 Å². The molecule has 0 spiro atoms. The summed E-state index contributed by atoms with van der Waals surface area (Å²) in [5.74, 6) is -0.523. The minimum Gasteiger partial charge on any atom is -0.480 e. The predicted molar refractivity (Wildman–Crippen MR) is 75.2 cm³/mol. The maximum absolute atomic E-state index is 12.0. The molecule has 2 amide bonds. The molecule has 6 heteroatoms. The molecule has 112 valence electrons. The second kappa shape index (κ2) is 8.74. The fourth-order valence-electron chi connectivity index (χ4n) is 1.95. The van der Waals surface area contributed by atoms with Gasteiger partial charge in [0.1, 0.15) is 6.54 Å². The topological polar surface area (TPSA) is 72.9 Å². The van der Waals surface area contributed by atoms with Crippen molar-refractivity contribution < 1.29 is 14.7 Å². The van der Waals surface area contributed by atoms with E-state index in [1.54, 1.807) is 6.92 Å². The molecule has 0 aromatic carbocycles. The van der Waals surface area contributed by atoms with Gasteiger partial charge >= 0.3 is 12.0 Å². The Morgan fingerprint density at radius 1 is 1.26 bits per heavy atom. The first-order chi connectivity index (χ1) is 8.76. The van der Waals surface area contributed by atoms with Crippen molar-refractivity contribution >= 4 is 12.0 Å². The zero-order valence-electron chi connectivity index (χ0n) is 12.6. The van der Waals surface area contributed by atoms with Crippen LogP contribution in [0.25, 0.3) is 0 Å². The molecule has 0 fully saturated rings. The maximum atomic E-state index is 12.0. The van der Waals surface area contributed by atoms with Gasteiger partial charge in [-0.1, -0.05) is 13.8 Å². The SMILES string of the molecule is CCN(CC(=O)O)C(=O)NC(CC(C)C)CN(C)C. The van der Waals surface area contributed by atoms with Gasteiger partial charge in [0.2, 0.25) is 0 Å². The molecule has 0 aliphatic carbocycles. The van der Waals surface area contributed by atoms with Crippen LogP contribution in [0.2, 0.25) is 0 Å². The maximum Gasteiger partial charge on any atom is 0.323 e. The molecule has 0 aromatic rings. The van der Waals surface area contributed by atoms with Crippen LogP contribution in [0.3, 0.4) is 0 Å². The lowest BCUT2D eigenvalue weighted by Gasteiger charge is -2.27. The zero-order chi connectivity index (χ0) is 15.0. The summed E-state index contributed by atoms with van der Waals surface area (Å²) < 4.78 is 0. The number of hydrogen-bond acceptors (Lipinski definition) is 3. The van der Waals surface area contributed by atoms with Crippen molar-refractivity contribution in [2.75, 3.05) is 33.7 Å². The number of carboxylic acid groups (broad SMARTS) is 1. The van der Waals surface area contributed by atoms with E-state index >= 15 is 0 Å². The average Bonchev–Trinajstić information content (AvgIpc) is 2.23. The van der Waals surface area contributed by atoms with E-state index in [1.165, 1.54) is 4.90 Å². The third-order valence-corrected chi connectivity index (χ3v) is 2.66. The molecule has 0 saturated heterocycles. The van der Waals surface area contributed by atoms with Crippen molar-refractivity contribution in [2.45, 2.75) is 33.2 Å². The number of hydrogen-bond donors (Lipinski definition) is 2. The lowest BCUT2D eigenvalue weighted by atomic mass is 10.0. The van der Waals surface area contributed by atoms with Crippen LogP contribution >= 0.6 is 0 Å². The van der Waals surface area contributed by atoms with Crippen LogP contribution in [0.1, 0.15) is 27.2 Å². The van der Waals surface area contributed by atoms with E-state index in [0.717, 1.165) is 13.0 Å². The first kappa shape index (κ1) is 17.7. The Labute approximate surface area is 115 Å². The molecule has 0 saturated carbocycles. The van der Waals surface area contributed by atoms with Gasteiger partial charge in [-0.2, -0.15) is 0 Å². The molecule has 1 atom stereocenters. The third kappa shape index (κ3) is 8.42. The molecule has 2 N–H and O–H groups in total. The Morgan fingerprint density at radius 3 is 2.21 bits per heavy atom. The number of urea groups is 1. The second-order valence-corrected chi connectivity index (χ2v) is 5.45. The van der Waals surface area contributed by atoms with Gasteiger partial charge in [0.25, 0.3) is 0 Å². The van der Waals surface area contributed by atoms with Crippen molar-refractivity contribution in [3.05, 3.63) is 0 Å². The number of rotatable bonds is 8. The van der Waals surface area contributed by atoms with Crippen molar-refractivity contribution in [1.29, 1.82) is 0 Å². The van der Waals surface area contributed by atoms with Gasteiger partial charge in [-0.25, -0.2) is 4.79 Å². The van der Waals surface area contributed by atoms with Crippen LogP contribution in [0.4, 0.5) is 4.79 Å². The highest BCUT2D eigenvalue weighted by Gasteiger charge is 2.20. The largest absolute Gasteiger partial charge is 0.480 e. The summed E-state index contributed by atoms with van der Waals surface area (Å²) in [5, 5.41) is 11.7. The Hall–Kier alpha value is -1.30. The van der Waals surface area contributed by atoms with Gasteiger partial charge in [-0.15, -0.1) is 0 Å².